The fourth-order valence-electron chi connectivity index (χ4n) is 2.96. The summed E-state index contributed by atoms with van der Waals surface area (Å²) in [5.41, 5.74) is 1.27. The third kappa shape index (κ3) is 3.16. The molecule has 0 atom stereocenters. The Balaban J connectivity index is 1.64. The molecule has 4 heteroatoms. The zero-order valence-electron chi connectivity index (χ0n) is 11.9. The molecule has 0 aliphatic carbocycles. The molecule has 1 aromatic heterocycles. The van der Waals surface area contributed by atoms with Crippen molar-refractivity contribution in [3.8, 4) is 0 Å². The first kappa shape index (κ1) is 13.9. The van der Waals surface area contributed by atoms with E-state index in [4.69, 9.17) is 0 Å². The first-order chi connectivity index (χ1) is 10.3. The van der Waals surface area contributed by atoms with Crippen LogP contribution in [0, 0.1) is 5.92 Å². The first-order valence-corrected chi connectivity index (χ1v) is 7.30. The summed E-state index contributed by atoms with van der Waals surface area (Å²) < 4.78 is 0. The van der Waals surface area contributed by atoms with Gasteiger partial charge in [0.15, 0.2) is 12.1 Å². The van der Waals surface area contributed by atoms with Gasteiger partial charge in [-0.3, -0.25) is 19.5 Å². The highest BCUT2D eigenvalue weighted by molar-refractivity contribution is 6.25. The Morgan fingerprint density at radius 3 is 2.81 bits per heavy atom. The van der Waals surface area contributed by atoms with Crippen LogP contribution < -0.4 is 0 Å². The number of fused-ring (bicyclic) bond motifs is 1. The largest absolute Gasteiger partial charge is 0.299 e. The van der Waals surface area contributed by atoms with Crippen molar-refractivity contribution < 1.29 is 9.59 Å². The van der Waals surface area contributed by atoms with Gasteiger partial charge in [-0.25, -0.2) is 0 Å². The number of nitrogens with zero attached hydrogens (tertiary/aromatic N) is 2. The normalized spacial score (nSPS) is 17.0. The van der Waals surface area contributed by atoms with Crippen LogP contribution in [-0.2, 0) is 16.1 Å². The van der Waals surface area contributed by atoms with Crippen molar-refractivity contribution in [2.75, 3.05) is 13.1 Å². The zero-order valence-corrected chi connectivity index (χ0v) is 11.9. The van der Waals surface area contributed by atoms with E-state index in [-0.39, 0.29) is 11.7 Å². The number of pyridine rings is 1. The van der Waals surface area contributed by atoms with Gasteiger partial charge in [-0.1, -0.05) is 12.1 Å². The molecule has 0 radical (unpaired) electrons. The Hall–Kier alpha value is -2.07. The van der Waals surface area contributed by atoms with Crippen LogP contribution in [0.2, 0.25) is 0 Å². The Kier molecular flexibility index (Phi) is 4.06. The summed E-state index contributed by atoms with van der Waals surface area (Å²) in [5.74, 6) is -0.311. The Morgan fingerprint density at radius 2 is 2.05 bits per heavy atom. The van der Waals surface area contributed by atoms with E-state index in [1.807, 2.05) is 18.5 Å². The lowest BCUT2D eigenvalue weighted by molar-refractivity contribution is -0.133. The van der Waals surface area contributed by atoms with Gasteiger partial charge < -0.3 is 0 Å². The van der Waals surface area contributed by atoms with Gasteiger partial charge in [0.2, 0.25) is 0 Å². The van der Waals surface area contributed by atoms with Gasteiger partial charge in [0.05, 0.1) is 0 Å². The average molecular weight is 282 g/mol. The van der Waals surface area contributed by atoms with Crippen LogP contribution in [0.1, 0.15) is 18.4 Å². The standard InChI is InChI=1S/C17H18N2O2/c20-12-17(21)14-4-7-19(8-5-14)11-13-1-2-16-10-18-6-3-15(16)9-13/h1-3,6,9-10,12,14H,4-5,7-8,11H2. The molecule has 0 bridgehead atoms. The Labute approximate surface area is 123 Å². The lowest BCUT2D eigenvalue weighted by Crippen LogP contribution is -2.36. The molecule has 1 aliphatic rings. The summed E-state index contributed by atoms with van der Waals surface area (Å²) in [6.45, 7) is 2.64. The number of likely N-dealkylation sites (tertiary alicyclic amines) is 1. The smallest absolute Gasteiger partial charge is 0.198 e. The predicted octanol–water partition coefficient (Wildman–Crippen LogP) is 2.21. The van der Waals surface area contributed by atoms with Crippen LogP contribution in [0.25, 0.3) is 10.8 Å². The van der Waals surface area contributed by atoms with Gasteiger partial charge in [-0.05, 0) is 49.0 Å². The lowest BCUT2D eigenvalue weighted by atomic mass is 9.93. The topological polar surface area (TPSA) is 50.3 Å². The number of aromatic nitrogens is 1. The molecule has 108 valence electrons. The molecule has 0 spiro atoms. The molecule has 0 unspecified atom stereocenters. The number of rotatable bonds is 4. The van der Waals surface area contributed by atoms with E-state index < -0.39 is 0 Å². The minimum atomic E-state index is -0.243. The maximum absolute atomic E-state index is 11.4. The molecular weight excluding hydrogens is 264 g/mol. The highest BCUT2D eigenvalue weighted by atomic mass is 16.2. The molecule has 1 saturated heterocycles. The summed E-state index contributed by atoms with van der Waals surface area (Å²) in [7, 11) is 0. The number of piperidine rings is 1. The highest BCUT2D eigenvalue weighted by Gasteiger charge is 2.24. The second-order valence-electron chi connectivity index (χ2n) is 5.63. The fraction of sp³-hybridized carbons (Fsp3) is 0.353. The Bertz CT molecular complexity index is 661. The second kappa shape index (κ2) is 6.14. The number of aldehydes is 1. The Morgan fingerprint density at radius 1 is 1.24 bits per heavy atom. The van der Waals surface area contributed by atoms with Crippen molar-refractivity contribution in [3.63, 3.8) is 0 Å². The zero-order chi connectivity index (χ0) is 14.7. The van der Waals surface area contributed by atoms with E-state index in [1.54, 1.807) is 0 Å². The van der Waals surface area contributed by atoms with E-state index in [2.05, 4.69) is 28.1 Å². The number of hydrogen-bond donors (Lipinski definition) is 0. The SMILES string of the molecule is O=CC(=O)C1CCN(Cc2ccc3cnccc3c2)CC1. The monoisotopic (exact) mass is 282 g/mol. The van der Waals surface area contributed by atoms with Gasteiger partial charge >= 0.3 is 0 Å². The van der Waals surface area contributed by atoms with Crippen LogP contribution in [0.3, 0.4) is 0 Å². The highest BCUT2D eigenvalue weighted by Crippen LogP contribution is 2.21. The summed E-state index contributed by atoms with van der Waals surface area (Å²) >= 11 is 0. The van der Waals surface area contributed by atoms with E-state index in [9.17, 15) is 9.59 Å². The molecule has 2 heterocycles. The first-order valence-electron chi connectivity index (χ1n) is 7.30. The molecule has 0 saturated carbocycles. The van der Waals surface area contributed by atoms with Crippen molar-refractivity contribution in [2.24, 2.45) is 5.92 Å². The van der Waals surface area contributed by atoms with E-state index in [1.165, 1.54) is 10.9 Å². The van der Waals surface area contributed by atoms with Gasteiger partial charge in [-0.15, -0.1) is 0 Å². The second-order valence-corrected chi connectivity index (χ2v) is 5.63. The number of hydrogen-bond acceptors (Lipinski definition) is 4. The van der Waals surface area contributed by atoms with Crippen molar-refractivity contribution in [2.45, 2.75) is 19.4 Å². The van der Waals surface area contributed by atoms with E-state index in [0.717, 1.165) is 37.9 Å². The average Bonchev–Trinajstić information content (AvgIpc) is 2.55. The summed E-state index contributed by atoms with van der Waals surface area (Å²) in [6.07, 6.45) is 5.72. The minimum absolute atomic E-state index is 0.0681. The number of carbonyl (C=O) groups is 2. The summed E-state index contributed by atoms with van der Waals surface area (Å²) in [5, 5.41) is 2.35. The van der Waals surface area contributed by atoms with Crippen LogP contribution in [0.4, 0.5) is 0 Å². The third-order valence-electron chi connectivity index (χ3n) is 4.22. The molecular formula is C17H18N2O2. The summed E-state index contributed by atoms with van der Waals surface area (Å²) in [4.78, 5) is 28.4. The fourth-order valence-corrected chi connectivity index (χ4v) is 2.96. The van der Waals surface area contributed by atoms with Gasteiger partial charge in [0.1, 0.15) is 0 Å². The van der Waals surface area contributed by atoms with Crippen molar-refractivity contribution in [1.82, 2.24) is 9.88 Å². The van der Waals surface area contributed by atoms with Gasteiger partial charge in [0, 0.05) is 30.2 Å². The molecule has 1 fully saturated rings. The number of carbonyl (C=O) groups excluding carboxylic acids is 2. The van der Waals surface area contributed by atoms with Crippen molar-refractivity contribution in [3.05, 3.63) is 42.2 Å². The van der Waals surface area contributed by atoms with Crippen LogP contribution in [0.15, 0.2) is 36.7 Å². The lowest BCUT2D eigenvalue weighted by Gasteiger charge is -2.30. The molecule has 1 aliphatic heterocycles. The van der Waals surface area contributed by atoms with Crippen molar-refractivity contribution in [1.29, 1.82) is 0 Å². The third-order valence-corrected chi connectivity index (χ3v) is 4.22. The quantitative estimate of drug-likeness (QED) is 0.637. The predicted molar refractivity (Wildman–Crippen MR) is 80.8 cm³/mol. The molecule has 3 rings (SSSR count). The van der Waals surface area contributed by atoms with Gasteiger partial charge in [-0.2, -0.15) is 0 Å². The maximum atomic E-state index is 11.4. The summed E-state index contributed by atoms with van der Waals surface area (Å²) in [6, 6.07) is 8.44. The van der Waals surface area contributed by atoms with Gasteiger partial charge in [0.25, 0.3) is 0 Å². The number of Topliss-reactive ketones (excluding diaryl/α,β-unsaturated/α-hetero) is 1. The van der Waals surface area contributed by atoms with Crippen LogP contribution >= 0.6 is 0 Å². The number of ketones is 1. The molecule has 4 nitrogen and oxygen atoms in total. The molecule has 1 aromatic carbocycles. The minimum Gasteiger partial charge on any atom is -0.299 e. The number of benzene rings is 1. The van der Waals surface area contributed by atoms with Crippen molar-refractivity contribution >= 4 is 22.8 Å². The van der Waals surface area contributed by atoms with E-state index >= 15 is 0 Å². The molecule has 0 N–H and O–H groups in total. The molecule has 21 heavy (non-hydrogen) atoms. The van der Waals surface area contributed by atoms with Crippen LogP contribution in [0.5, 0.6) is 0 Å². The van der Waals surface area contributed by atoms with E-state index in [0.29, 0.717) is 6.29 Å². The molecule has 0 amide bonds. The van der Waals surface area contributed by atoms with Crippen LogP contribution in [-0.4, -0.2) is 35.0 Å². The maximum Gasteiger partial charge on any atom is 0.198 e. The molecule has 2 aromatic rings.